The predicted molar refractivity (Wildman–Crippen MR) is 70.7 cm³/mol. The van der Waals surface area contributed by atoms with E-state index in [0.717, 1.165) is 17.9 Å². The topological polar surface area (TPSA) is 42.7 Å². The van der Waals surface area contributed by atoms with E-state index in [1.807, 2.05) is 10.9 Å². The van der Waals surface area contributed by atoms with E-state index in [4.69, 9.17) is 0 Å². The standard InChI is InChI=1S/C14H18N4/c1-10-3-4-11(2)14(7-10)18-13(9-16-17-18)8-15-12-5-6-12/h3-4,7,9,12,15H,5-6,8H2,1-2H3. The molecule has 3 rings (SSSR count). The van der Waals surface area contributed by atoms with Gasteiger partial charge in [0.2, 0.25) is 0 Å². The number of aromatic nitrogens is 3. The Labute approximate surface area is 107 Å². The molecule has 0 amide bonds. The molecule has 0 radical (unpaired) electrons. The summed E-state index contributed by atoms with van der Waals surface area (Å²) in [5, 5.41) is 11.8. The first-order chi connectivity index (χ1) is 8.74. The average Bonchev–Trinajstić information content (AvgIpc) is 3.08. The first-order valence-corrected chi connectivity index (χ1v) is 6.44. The number of rotatable bonds is 4. The van der Waals surface area contributed by atoms with Crippen molar-refractivity contribution in [2.45, 2.75) is 39.3 Å². The van der Waals surface area contributed by atoms with E-state index in [9.17, 15) is 0 Å². The number of aryl methyl sites for hydroxylation is 2. The molecule has 0 aliphatic heterocycles. The Bertz CT molecular complexity index is 555. The van der Waals surface area contributed by atoms with E-state index in [2.05, 4.69) is 47.7 Å². The molecule has 2 aromatic rings. The second-order valence-electron chi connectivity index (χ2n) is 5.08. The Kier molecular flexibility index (Phi) is 2.88. The molecule has 1 aromatic heterocycles. The van der Waals surface area contributed by atoms with Crippen molar-refractivity contribution in [1.82, 2.24) is 20.3 Å². The Morgan fingerprint density at radius 2 is 2.17 bits per heavy atom. The summed E-state index contributed by atoms with van der Waals surface area (Å²) in [5.74, 6) is 0. The van der Waals surface area contributed by atoms with Crippen LogP contribution >= 0.6 is 0 Å². The maximum atomic E-state index is 4.21. The molecule has 1 aliphatic carbocycles. The van der Waals surface area contributed by atoms with Gasteiger partial charge >= 0.3 is 0 Å². The lowest BCUT2D eigenvalue weighted by Gasteiger charge is -2.10. The summed E-state index contributed by atoms with van der Waals surface area (Å²) >= 11 is 0. The molecule has 0 bridgehead atoms. The number of benzene rings is 1. The van der Waals surface area contributed by atoms with E-state index in [-0.39, 0.29) is 0 Å². The van der Waals surface area contributed by atoms with Crippen LogP contribution in [0.3, 0.4) is 0 Å². The van der Waals surface area contributed by atoms with Crippen molar-refractivity contribution in [3.05, 3.63) is 41.2 Å². The molecule has 1 aromatic carbocycles. The van der Waals surface area contributed by atoms with Gasteiger partial charge in [-0.25, -0.2) is 4.68 Å². The van der Waals surface area contributed by atoms with Gasteiger partial charge in [-0.05, 0) is 43.9 Å². The molecule has 1 saturated carbocycles. The molecule has 4 nitrogen and oxygen atoms in total. The van der Waals surface area contributed by atoms with Crippen molar-refractivity contribution in [2.24, 2.45) is 0 Å². The lowest BCUT2D eigenvalue weighted by Crippen LogP contribution is -2.18. The summed E-state index contributed by atoms with van der Waals surface area (Å²) in [5.41, 5.74) is 4.71. The van der Waals surface area contributed by atoms with Crippen LogP contribution < -0.4 is 5.32 Å². The third-order valence-corrected chi connectivity index (χ3v) is 3.36. The van der Waals surface area contributed by atoms with Crippen molar-refractivity contribution in [1.29, 1.82) is 0 Å². The van der Waals surface area contributed by atoms with Gasteiger partial charge < -0.3 is 5.32 Å². The van der Waals surface area contributed by atoms with Crippen LogP contribution in [0.15, 0.2) is 24.4 Å². The zero-order valence-electron chi connectivity index (χ0n) is 10.8. The minimum Gasteiger partial charge on any atom is -0.308 e. The van der Waals surface area contributed by atoms with Crippen LogP contribution in [-0.4, -0.2) is 21.0 Å². The fraction of sp³-hybridized carbons (Fsp3) is 0.429. The van der Waals surface area contributed by atoms with E-state index >= 15 is 0 Å². The summed E-state index contributed by atoms with van der Waals surface area (Å²) in [6, 6.07) is 7.11. The van der Waals surface area contributed by atoms with Crippen molar-refractivity contribution in [3.8, 4) is 5.69 Å². The van der Waals surface area contributed by atoms with Crippen molar-refractivity contribution >= 4 is 0 Å². The van der Waals surface area contributed by atoms with Gasteiger partial charge in [-0.15, -0.1) is 5.10 Å². The summed E-state index contributed by atoms with van der Waals surface area (Å²) in [7, 11) is 0. The van der Waals surface area contributed by atoms with E-state index < -0.39 is 0 Å². The molecule has 1 heterocycles. The smallest absolute Gasteiger partial charge is 0.0783 e. The number of hydrogen-bond acceptors (Lipinski definition) is 3. The monoisotopic (exact) mass is 242 g/mol. The average molecular weight is 242 g/mol. The lowest BCUT2D eigenvalue weighted by atomic mass is 10.1. The van der Waals surface area contributed by atoms with Crippen LogP contribution in [0.5, 0.6) is 0 Å². The zero-order chi connectivity index (χ0) is 12.5. The Balaban J connectivity index is 1.90. The third-order valence-electron chi connectivity index (χ3n) is 3.36. The predicted octanol–water partition coefficient (Wildman–Crippen LogP) is 2.14. The molecular weight excluding hydrogens is 224 g/mol. The minimum absolute atomic E-state index is 0.701. The van der Waals surface area contributed by atoms with Gasteiger partial charge in [0.15, 0.2) is 0 Å². The highest BCUT2D eigenvalue weighted by Gasteiger charge is 2.21. The Hall–Kier alpha value is -1.68. The second-order valence-corrected chi connectivity index (χ2v) is 5.08. The number of nitrogens with zero attached hydrogens (tertiary/aromatic N) is 3. The van der Waals surface area contributed by atoms with E-state index in [1.54, 1.807) is 0 Å². The molecule has 0 atom stereocenters. The fourth-order valence-corrected chi connectivity index (χ4v) is 2.06. The van der Waals surface area contributed by atoms with Gasteiger partial charge in [0.05, 0.1) is 17.6 Å². The number of nitrogens with one attached hydrogen (secondary N) is 1. The van der Waals surface area contributed by atoms with Crippen molar-refractivity contribution < 1.29 is 0 Å². The Morgan fingerprint density at radius 1 is 1.33 bits per heavy atom. The highest BCUT2D eigenvalue weighted by Crippen LogP contribution is 2.20. The molecule has 1 fully saturated rings. The van der Waals surface area contributed by atoms with Crippen molar-refractivity contribution in [2.75, 3.05) is 0 Å². The third kappa shape index (κ3) is 2.29. The SMILES string of the molecule is Cc1ccc(C)c(-n2nncc2CNC2CC2)c1. The molecule has 4 heteroatoms. The first kappa shape index (κ1) is 11.4. The Morgan fingerprint density at radius 3 is 2.94 bits per heavy atom. The molecular formula is C14H18N4. The molecule has 0 spiro atoms. The van der Waals surface area contributed by atoms with Gasteiger partial charge in [-0.3, -0.25) is 0 Å². The van der Waals surface area contributed by atoms with Crippen LogP contribution in [0.2, 0.25) is 0 Å². The highest BCUT2D eigenvalue weighted by atomic mass is 15.4. The summed E-state index contributed by atoms with van der Waals surface area (Å²) in [6.45, 7) is 5.04. The van der Waals surface area contributed by atoms with Gasteiger partial charge in [0.25, 0.3) is 0 Å². The van der Waals surface area contributed by atoms with E-state index in [0.29, 0.717) is 6.04 Å². The largest absolute Gasteiger partial charge is 0.308 e. The number of hydrogen-bond donors (Lipinski definition) is 1. The van der Waals surface area contributed by atoms with Crippen LogP contribution in [-0.2, 0) is 6.54 Å². The van der Waals surface area contributed by atoms with Crippen LogP contribution in [0.4, 0.5) is 0 Å². The van der Waals surface area contributed by atoms with Crippen LogP contribution in [0.25, 0.3) is 5.69 Å². The highest BCUT2D eigenvalue weighted by molar-refractivity contribution is 5.43. The molecule has 18 heavy (non-hydrogen) atoms. The quantitative estimate of drug-likeness (QED) is 0.893. The van der Waals surface area contributed by atoms with Gasteiger partial charge in [0.1, 0.15) is 0 Å². The van der Waals surface area contributed by atoms with Gasteiger partial charge in [0, 0.05) is 12.6 Å². The van der Waals surface area contributed by atoms with Crippen LogP contribution in [0, 0.1) is 13.8 Å². The zero-order valence-corrected chi connectivity index (χ0v) is 10.8. The fourth-order valence-electron chi connectivity index (χ4n) is 2.06. The summed E-state index contributed by atoms with van der Waals surface area (Å²) < 4.78 is 1.94. The molecule has 0 saturated heterocycles. The normalized spacial score (nSPS) is 15.0. The van der Waals surface area contributed by atoms with E-state index in [1.165, 1.54) is 24.0 Å². The van der Waals surface area contributed by atoms with Crippen LogP contribution in [0.1, 0.15) is 29.7 Å². The minimum atomic E-state index is 0.701. The van der Waals surface area contributed by atoms with Gasteiger partial charge in [-0.2, -0.15) is 0 Å². The lowest BCUT2D eigenvalue weighted by molar-refractivity contribution is 0.646. The summed E-state index contributed by atoms with van der Waals surface area (Å²) in [4.78, 5) is 0. The first-order valence-electron chi connectivity index (χ1n) is 6.44. The molecule has 94 valence electrons. The molecule has 1 N–H and O–H groups in total. The maximum absolute atomic E-state index is 4.21. The van der Waals surface area contributed by atoms with Crippen molar-refractivity contribution in [3.63, 3.8) is 0 Å². The maximum Gasteiger partial charge on any atom is 0.0783 e. The molecule has 0 unspecified atom stereocenters. The second kappa shape index (κ2) is 4.53. The summed E-state index contributed by atoms with van der Waals surface area (Å²) in [6.07, 6.45) is 4.44. The molecule has 1 aliphatic rings. The van der Waals surface area contributed by atoms with Gasteiger partial charge in [-0.1, -0.05) is 17.3 Å².